The molecule has 1 saturated heterocycles. The summed E-state index contributed by atoms with van der Waals surface area (Å²) in [6.07, 6.45) is 6.58. The number of ether oxygens (including phenoxy) is 1. The van der Waals surface area contributed by atoms with Crippen LogP contribution in [0.2, 0.25) is 0 Å². The molecular weight excluding hydrogens is 376 g/mol. The van der Waals surface area contributed by atoms with Crippen molar-refractivity contribution in [1.29, 1.82) is 0 Å². The quantitative estimate of drug-likeness (QED) is 0.680. The summed E-state index contributed by atoms with van der Waals surface area (Å²) in [4.78, 5) is 28.9. The summed E-state index contributed by atoms with van der Waals surface area (Å²) in [7, 11) is 1.98. The van der Waals surface area contributed by atoms with Crippen LogP contribution in [0.3, 0.4) is 0 Å². The number of rotatable bonds is 4. The molecule has 1 aromatic rings. The highest BCUT2D eigenvalue weighted by molar-refractivity contribution is 5.76. The fourth-order valence-electron chi connectivity index (χ4n) is 4.76. The Morgan fingerprint density at radius 1 is 1.00 bits per heavy atom. The Balaban J connectivity index is 1.41. The van der Waals surface area contributed by atoms with E-state index in [1.807, 2.05) is 32.7 Å². The number of carbonyl (C=O) groups excluding carboxylic acids is 2. The van der Waals surface area contributed by atoms with E-state index in [-0.39, 0.29) is 12.0 Å². The molecule has 0 N–H and O–H groups in total. The van der Waals surface area contributed by atoms with E-state index < -0.39 is 5.60 Å². The van der Waals surface area contributed by atoms with Crippen molar-refractivity contribution in [3.63, 3.8) is 0 Å². The molecule has 2 amide bonds. The van der Waals surface area contributed by atoms with E-state index in [0.717, 1.165) is 38.5 Å². The molecule has 0 bridgehead atoms. The number of benzene rings is 1. The largest absolute Gasteiger partial charge is 0.444 e. The Bertz CT molecular complexity index is 697. The topological polar surface area (TPSA) is 49.9 Å². The van der Waals surface area contributed by atoms with E-state index in [1.165, 1.54) is 5.56 Å². The first-order valence-electron chi connectivity index (χ1n) is 11.5. The van der Waals surface area contributed by atoms with Gasteiger partial charge in [-0.2, -0.15) is 0 Å². The first-order chi connectivity index (χ1) is 14.2. The van der Waals surface area contributed by atoms with Crippen molar-refractivity contribution in [2.45, 2.75) is 83.3 Å². The fourth-order valence-corrected chi connectivity index (χ4v) is 4.76. The molecule has 0 unspecified atom stereocenters. The zero-order valence-electron chi connectivity index (χ0n) is 19.1. The summed E-state index contributed by atoms with van der Waals surface area (Å²) in [5.74, 6) is 1.25. The molecule has 1 saturated carbocycles. The summed E-state index contributed by atoms with van der Waals surface area (Å²) < 4.78 is 5.46. The van der Waals surface area contributed by atoms with Crippen molar-refractivity contribution in [1.82, 2.24) is 9.80 Å². The maximum absolute atomic E-state index is 12.9. The molecule has 0 radical (unpaired) electrons. The van der Waals surface area contributed by atoms with E-state index in [4.69, 9.17) is 4.74 Å². The number of hydrogen-bond acceptors (Lipinski definition) is 3. The van der Waals surface area contributed by atoms with Gasteiger partial charge in [0.05, 0.1) is 0 Å². The van der Waals surface area contributed by atoms with Gasteiger partial charge in [-0.25, -0.2) is 4.79 Å². The number of carbonyl (C=O) groups is 2. The van der Waals surface area contributed by atoms with Gasteiger partial charge in [-0.1, -0.05) is 30.3 Å². The predicted octanol–water partition coefficient (Wildman–Crippen LogP) is 5.21. The Hall–Kier alpha value is -2.04. The molecule has 0 aromatic heterocycles. The number of piperidine rings is 1. The number of likely N-dealkylation sites (tertiary alicyclic amines) is 1. The van der Waals surface area contributed by atoms with Crippen molar-refractivity contribution in [3.8, 4) is 0 Å². The highest BCUT2D eigenvalue weighted by Crippen LogP contribution is 2.35. The van der Waals surface area contributed by atoms with Gasteiger partial charge in [0.15, 0.2) is 0 Å². The van der Waals surface area contributed by atoms with Gasteiger partial charge in [-0.05, 0) is 76.7 Å². The summed E-state index contributed by atoms with van der Waals surface area (Å²) >= 11 is 0. The summed E-state index contributed by atoms with van der Waals surface area (Å²) in [5.41, 5.74) is 0.966. The van der Waals surface area contributed by atoms with Gasteiger partial charge in [0.1, 0.15) is 5.60 Å². The van der Waals surface area contributed by atoms with Crippen LogP contribution in [0.5, 0.6) is 0 Å². The molecule has 1 aliphatic heterocycles. The number of hydrogen-bond donors (Lipinski definition) is 0. The smallest absolute Gasteiger partial charge is 0.410 e. The molecule has 5 heteroatoms. The Labute approximate surface area is 181 Å². The fraction of sp³-hybridized carbons (Fsp3) is 0.680. The van der Waals surface area contributed by atoms with E-state index >= 15 is 0 Å². The van der Waals surface area contributed by atoms with Crippen molar-refractivity contribution in [2.75, 3.05) is 20.1 Å². The molecule has 0 atom stereocenters. The highest BCUT2D eigenvalue weighted by atomic mass is 16.6. The van der Waals surface area contributed by atoms with Crippen LogP contribution < -0.4 is 0 Å². The molecule has 2 aliphatic rings. The molecule has 30 heavy (non-hydrogen) atoms. The van der Waals surface area contributed by atoms with Crippen LogP contribution in [0, 0.1) is 5.92 Å². The lowest BCUT2D eigenvalue weighted by atomic mass is 9.81. The lowest BCUT2D eigenvalue weighted by molar-refractivity contribution is -0.134. The molecule has 2 fully saturated rings. The first kappa shape index (κ1) is 22.6. The van der Waals surface area contributed by atoms with Crippen LogP contribution in [-0.4, -0.2) is 53.6 Å². The SMILES string of the molecule is CN(C(=O)CC1CCN(C(=O)OC(C)(C)C)CC1)C1CCC(c2ccccc2)CC1. The van der Waals surface area contributed by atoms with Gasteiger partial charge in [0, 0.05) is 32.6 Å². The van der Waals surface area contributed by atoms with E-state index in [9.17, 15) is 9.59 Å². The summed E-state index contributed by atoms with van der Waals surface area (Å²) in [6.45, 7) is 7.02. The van der Waals surface area contributed by atoms with Crippen LogP contribution in [0.15, 0.2) is 30.3 Å². The van der Waals surface area contributed by atoms with E-state index in [0.29, 0.717) is 37.4 Å². The average Bonchev–Trinajstić information content (AvgIpc) is 2.73. The normalized spacial score (nSPS) is 23.1. The van der Waals surface area contributed by atoms with Crippen LogP contribution in [-0.2, 0) is 9.53 Å². The van der Waals surface area contributed by atoms with E-state index in [2.05, 4.69) is 30.3 Å². The van der Waals surface area contributed by atoms with Crippen LogP contribution >= 0.6 is 0 Å². The third kappa shape index (κ3) is 6.23. The molecule has 1 aliphatic carbocycles. The number of amides is 2. The van der Waals surface area contributed by atoms with Crippen molar-refractivity contribution in [2.24, 2.45) is 5.92 Å². The second-order valence-electron chi connectivity index (χ2n) is 10.0. The minimum atomic E-state index is -0.466. The van der Waals surface area contributed by atoms with Gasteiger partial charge in [0.2, 0.25) is 5.91 Å². The molecule has 1 heterocycles. The van der Waals surface area contributed by atoms with Crippen LogP contribution in [0.25, 0.3) is 0 Å². The van der Waals surface area contributed by atoms with Gasteiger partial charge in [-0.3, -0.25) is 4.79 Å². The molecule has 3 rings (SSSR count). The molecule has 0 spiro atoms. The molecule has 5 nitrogen and oxygen atoms in total. The zero-order chi connectivity index (χ0) is 21.7. The Morgan fingerprint density at radius 2 is 1.60 bits per heavy atom. The Kier molecular flexibility index (Phi) is 7.43. The van der Waals surface area contributed by atoms with Gasteiger partial charge >= 0.3 is 6.09 Å². The van der Waals surface area contributed by atoms with Crippen molar-refractivity contribution >= 4 is 12.0 Å². The van der Waals surface area contributed by atoms with Crippen LogP contribution in [0.1, 0.15) is 77.2 Å². The maximum Gasteiger partial charge on any atom is 0.410 e. The maximum atomic E-state index is 12.9. The third-order valence-corrected chi connectivity index (χ3v) is 6.64. The van der Waals surface area contributed by atoms with Gasteiger partial charge in [0.25, 0.3) is 0 Å². The lowest BCUT2D eigenvalue weighted by Gasteiger charge is -2.37. The zero-order valence-corrected chi connectivity index (χ0v) is 19.1. The van der Waals surface area contributed by atoms with Crippen molar-refractivity contribution < 1.29 is 14.3 Å². The monoisotopic (exact) mass is 414 g/mol. The summed E-state index contributed by atoms with van der Waals surface area (Å²) in [5, 5.41) is 0. The van der Waals surface area contributed by atoms with Gasteiger partial charge in [-0.15, -0.1) is 0 Å². The minimum Gasteiger partial charge on any atom is -0.444 e. The Morgan fingerprint density at radius 3 is 2.17 bits per heavy atom. The second-order valence-corrected chi connectivity index (χ2v) is 10.0. The molecular formula is C25H38N2O3. The lowest BCUT2D eigenvalue weighted by Crippen LogP contribution is -2.43. The summed E-state index contributed by atoms with van der Waals surface area (Å²) in [6, 6.07) is 11.1. The van der Waals surface area contributed by atoms with Crippen molar-refractivity contribution in [3.05, 3.63) is 35.9 Å². The average molecular weight is 415 g/mol. The highest BCUT2D eigenvalue weighted by Gasteiger charge is 2.31. The van der Waals surface area contributed by atoms with Gasteiger partial charge < -0.3 is 14.5 Å². The van der Waals surface area contributed by atoms with Crippen LogP contribution in [0.4, 0.5) is 4.79 Å². The molecule has 1 aromatic carbocycles. The second kappa shape index (κ2) is 9.84. The molecule has 166 valence electrons. The first-order valence-corrected chi connectivity index (χ1v) is 11.5. The predicted molar refractivity (Wildman–Crippen MR) is 119 cm³/mol. The van der Waals surface area contributed by atoms with E-state index in [1.54, 1.807) is 4.90 Å². The standard InChI is InChI=1S/C25H38N2O3/c1-25(2,3)30-24(29)27-16-14-19(15-17-27)18-23(28)26(4)22-12-10-21(11-13-22)20-8-6-5-7-9-20/h5-9,19,21-22H,10-18H2,1-4H3. The minimum absolute atomic E-state index is 0.237. The third-order valence-electron chi connectivity index (χ3n) is 6.64. The number of nitrogens with zero attached hydrogens (tertiary/aromatic N) is 2.